The Morgan fingerprint density at radius 1 is 1.28 bits per heavy atom. The summed E-state index contributed by atoms with van der Waals surface area (Å²) in [7, 11) is 0. The first-order valence-corrected chi connectivity index (χ1v) is 8.20. The van der Waals surface area contributed by atoms with E-state index in [9.17, 15) is 14.9 Å². The number of hydrazone groups is 1. The first-order chi connectivity index (χ1) is 12.0. The van der Waals surface area contributed by atoms with Crippen LogP contribution in [0, 0.1) is 18.3 Å². The van der Waals surface area contributed by atoms with E-state index in [1.807, 2.05) is 42.5 Å². The van der Waals surface area contributed by atoms with Gasteiger partial charge >= 0.3 is 0 Å². The molecule has 0 aliphatic heterocycles. The van der Waals surface area contributed by atoms with Crippen LogP contribution in [0.4, 0.5) is 5.00 Å². The number of allylic oxidation sites excluding steroid dienone is 1. The predicted molar refractivity (Wildman–Crippen MR) is 99.5 cm³/mol. The number of amides is 2. The molecule has 1 heterocycles. The molecular formula is C18H16N4O2S. The fraction of sp³-hybridized carbons (Fsp3) is 0.111. The third-order valence-corrected chi connectivity index (χ3v) is 4.38. The number of anilines is 1. The second-order valence-electron chi connectivity index (χ2n) is 5.04. The van der Waals surface area contributed by atoms with E-state index in [0.717, 1.165) is 16.9 Å². The monoisotopic (exact) mass is 352 g/mol. The van der Waals surface area contributed by atoms with Crippen molar-refractivity contribution in [3.05, 3.63) is 58.0 Å². The number of nitriles is 1. The molecule has 2 aromatic rings. The molecule has 2 rings (SSSR count). The van der Waals surface area contributed by atoms with Crippen LogP contribution in [-0.4, -0.2) is 18.0 Å². The number of carbonyl (C=O) groups is 2. The average molecular weight is 352 g/mol. The number of thiophene rings is 1. The van der Waals surface area contributed by atoms with E-state index in [1.54, 1.807) is 13.0 Å². The molecule has 0 bridgehead atoms. The summed E-state index contributed by atoms with van der Waals surface area (Å²) in [5.74, 6) is -0.728. The summed E-state index contributed by atoms with van der Waals surface area (Å²) in [5.41, 5.74) is 4.24. The molecule has 0 saturated carbocycles. The summed E-state index contributed by atoms with van der Waals surface area (Å²) in [4.78, 5) is 23.7. The summed E-state index contributed by atoms with van der Waals surface area (Å²) in [6, 6.07) is 11.7. The smallest absolute Gasteiger partial charge is 0.281 e. The van der Waals surface area contributed by atoms with Gasteiger partial charge in [0, 0.05) is 13.1 Å². The molecule has 0 unspecified atom stereocenters. The van der Waals surface area contributed by atoms with Crippen LogP contribution < -0.4 is 10.7 Å². The second kappa shape index (κ2) is 8.57. The van der Waals surface area contributed by atoms with E-state index in [1.165, 1.54) is 13.1 Å². The first kappa shape index (κ1) is 18.1. The highest BCUT2D eigenvalue weighted by Gasteiger charge is 2.20. The Kier molecular flexibility index (Phi) is 6.20. The summed E-state index contributed by atoms with van der Waals surface area (Å²) in [5, 5.41) is 16.0. The van der Waals surface area contributed by atoms with E-state index < -0.39 is 5.91 Å². The van der Waals surface area contributed by atoms with Gasteiger partial charge in [-0.25, -0.2) is 5.43 Å². The molecule has 6 nitrogen and oxygen atoms in total. The van der Waals surface area contributed by atoms with Gasteiger partial charge in [0.05, 0.1) is 5.56 Å². The Balaban J connectivity index is 2.05. The quantitative estimate of drug-likeness (QED) is 0.638. The van der Waals surface area contributed by atoms with Gasteiger partial charge in [0.2, 0.25) is 5.91 Å². The summed E-state index contributed by atoms with van der Waals surface area (Å²) in [6.07, 6.45) is 5.03. The van der Waals surface area contributed by atoms with Crippen LogP contribution in [0.1, 0.15) is 33.3 Å². The van der Waals surface area contributed by atoms with Crippen molar-refractivity contribution >= 4 is 40.4 Å². The molecule has 7 heteroatoms. The summed E-state index contributed by atoms with van der Waals surface area (Å²) >= 11 is 1.05. The van der Waals surface area contributed by atoms with Gasteiger partial charge < -0.3 is 5.32 Å². The molecule has 0 spiro atoms. The normalized spacial score (nSPS) is 10.8. The number of nitrogens with one attached hydrogen (secondary N) is 2. The minimum absolute atomic E-state index is 0.290. The van der Waals surface area contributed by atoms with Crippen molar-refractivity contribution in [3.63, 3.8) is 0 Å². The SMILES string of the molecule is CC(=O)Nc1sc(C(=O)N/N=C\C=C\c2ccccc2)c(C)c1C#N. The van der Waals surface area contributed by atoms with Crippen molar-refractivity contribution < 1.29 is 9.59 Å². The third-order valence-electron chi connectivity index (χ3n) is 3.17. The molecule has 0 radical (unpaired) electrons. The second-order valence-corrected chi connectivity index (χ2v) is 6.06. The molecule has 0 aliphatic rings. The van der Waals surface area contributed by atoms with Crippen molar-refractivity contribution in [1.29, 1.82) is 5.26 Å². The largest absolute Gasteiger partial charge is 0.317 e. The van der Waals surface area contributed by atoms with Crippen molar-refractivity contribution in [1.82, 2.24) is 5.43 Å². The summed E-state index contributed by atoms with van der Waals surface area (Å²) < 4.78 is 0. The summed E-state index contributed by atoms with van der Waals surface area (Å²) in [6.45, 7) is 3.01. The lowest BCUT2D eigenvalue weighted by atomic mass is 10.1. The lowest BCUT2D eigenvalue weighted by molar-refractivity contribution is -0.114. The van der Waals surface area contributed by atoms with Gasteiger partial charge in [-0.3, -0.25) is 9.59 Å². The molecule has 2 amide bonds. The maximum Gasteiger partial charge on any atom is 0.281 e. The van der Waals surface area contributed by atoms with E-state index in [2.05, 4.69) is 15.8 Å². The number of nitrogens with zero attached hydrogens (tertiary/aromatic N) is 2. The van der Waals surface area contributed by atoms with Gasteiger partial charge in [-0.05, 0) is 24.1 Å². The minimum atomic E-state index is -0.431. The standard InChI is InChI=1S/C18H16N4O2S/c1-12-15(11-19)18(21-13(2)23)25-16(12)17(24)22-20-10-6-9-14-7-4-3-5-8-14/h3-10H,1-2H3,(H,21,23)(H,22,24)/b9-6+,20-10-. The van der Waals surface area contributed by atoms with Crippen molar-refractivity contribution in [2.45, 2.75) is 13.8 Å². The van der Waals surface area contributed by atoms with Crippen LogP contribution in [-0.2, 0) is 4.79 Å². The van der Waals surface area contributed by atoms with Crippen LogP contribution in [0.25, 0.3) is 6.08 Å². The molecular weight excluding hydrogens is 336 g/mol. The average Bonchev–Trinajstić information content (AvgIpc) is 2.90. The van der Waals surface area contributed by atoms with Crippen LogP contribution >= 0.6 is 11.3 Å². The van der Waals surface area contributed by atoms with E-state index in [4.69, 9.17) is 0 Å². The fourth-order valence-corrected chi connectivity index (χ4v) is 3.11. The number of benzene rings is 1. The molecule has 0 aliphatic carbocycles. The molecule has 0 saturated heterocycles. The lowest BCUT2D eigenvalue weighted by Gasteiger charge is -1.97. The van der Waals surface area contributed by atoms with Gasteiger partial charge in [-0.2, -0.15) is 10.4 Å². The highest BCUT2D eigenvalue weighted by atomic mass is 32.1. The molecule has 126 valence electrons. The van der Waals surface area contributed by atoms with Gasteiger partial charge in [-0.15, -0.1) is 11.3 Å². The van der Waals surface area contributed by atoms with Gasteiger partial charge in [0.25, 0.3) is 5.91 Å². The zero-order valence-electron chi connectivity index (χ0n) is 13.7. The van der Waals surface area contributed by atoms with Crippen LogP contribution in [0.2, 0.25) is 0 Å². The molecule has 1 aromatic heterocycles. The maximum atomic E-state index is 12.2. The fourth-order valence-electron chi connectivity index (χ4n) is 2.02. The Hall–Kier alpha value is -3.24. The van der Waals surface area contributed by atoms with Crippen LogP contribution in [0.3, 0.4) is 0 Å². The van der Waals surface area contributed by atoms with Crippen molar-refractivity contribution in [2.75, 3.05) is 5.32 Å². The van der Waals surface area contributed by atoms with Gasteiger partial charge in [0.15, 0.2) is 0 Å². The van der Waals surface area contributed by atoms with Crippen molar-refractivity contribution in [2.24, 2.45) is 5.10 Å². The first-order valence-electron chi connectivity index (χ1n) is 7.39. The molecule has 0 atom stereocenters. The van der Waals surface area contributed by atoms with Crippen LogP contribution in [0.15, 0.2) is 41.5 Å². The zero-order chi connectivity index (χ0) is 18.2. The minimum Gasteiger partial charge on any atom is -0.317 e. The number of carbonyl (C=O) groups excluding carboxylic acids is 2. The third kappa shape index (κ3) is 4.86. The number of hydrogen-bond donors (Lipinski definition) is 2. The Morgan fingerprint density at radius 3 is 2.64 bits per heavy atom. The molecule has 0 fully saturated rings. The van der Waals surface area contributed by atoms with Crippen molar-refractivity contribution in [3.8, 4) is 6.07 Å². The van der Waals surface area contributed by atoms with E-state index in [0.29, 0.717) is 21.0 Å². The topological polar surface area (TPSA) is 94.3 Å². The Labute approximate surface area is 149 Å². The van der Waals surface area contributed by atoms with E-state index in [-0.39, 0.29) is 5.91 Å². The van der Waals surface area contributed by atoms with Gasteiger partial charge in [0.1, 0.15) is 15.9 Å². The molecule has 25 heavy (non-hydrogen) atoms. The highest BCUT2D eigenvalue weighted by Crippen LogP contribution is 2.32. The van der Waals surface area contributed by atoms with Gasteiger partial charge in [-0.1, -0.05) is 36.4 Å². The Bertz CT molecular complexity index is 876. The predicted octanol–water partition coefficient (Wildman–Crippen LogP) is 3.32. The lowest BCUT2D eigenvalue weighted by Crippen LogP contribution is -2.16. The van der Waals surface area contributed by atoms with Crippen LogP contribution in [0.5, 0.6) is 0 Å². The number of rotatable bonds is 5. The zero-order valence-corrected chi connectivity index (χ0v) is 14.6. The number of hydrogen-bond acceptors (Lipinski definition) is 5. The Morgan fingerprint density at radius 2 is 2.00 bits per heavy atom. The molecule has 2 N–H and O–H groups in total. The maximum absolute atomic E-state index is 12.2. The van der Waals surface area contributed by atoms with E-state index >= 15 is 0 Å². The molecule has 1 aromatic carbocycles. The highest BCUT2D eigenvalue weighted by molar-refractivity contribution is 7.18.